The van der Waals surface area contributed by atoms with Crippen LogP contribution in [0.5, 0.6) is 0 Å². The Balaban J connectivity index is 1.81. The second kappa shape index (κ2) is 13.8. The van der Waals surface area contributed by atoms with Gasteiger partial charge in [0.05, 0.1) is 15.5 Å². The molecule has 0 saturated carbocycles. The molecule has 0 aliphatic rings. The number of hydrogen-bond acceptors (Lipinski definition) is 6. The molecule has 0 radical (unpaired) electrons. The summed E-state index contributed by atoms with van der Waals surface area (Å²) in [5.41, 5.74) is 2.13. The van der Waals surface area contributed by atoms with Crippen LogP contribution in [0.15, 0.2) is 114 Å². The lowest BCUT2D eigenvalue weighted by atomic mass is 10.0. The molecule has 0 fully saturated rings. The fraction of sp³-hybridized carbons (Fsp3) is 0.188. The van der Waals surface area contributed by atoms with Crippen LogP contribution in [0, 0.1) is 17.0 Å². The molecule has 1 atom stereocenters. The summed E-state index contributed by atoms with van der Waals surface area (Å²) in [6.45, 7) is 1.23. The highest BCUT2D eigenvalue weighted by Crippen LogP contribution is 2.28. The van der Waals surface area contributed by atoms with Crippen LogP contribution in [-0.4, -0.2) is 49.7 Å². The number of anilines is 1. The summed E-state index contributed by atoms with van der Waals surface area (Å²) in [5.74, 6) is -1.07. The molecule has 0 aliphatic heterocycles. The maximum Gasteiger partial charge on any atom is 0.271 e. The number of aryl methyl sites for hydroxylation is 1. The van der Waals surface area contributed by atoms with Crippen molar-refractivity contribution in [2.24, 2.45) is 0 Å². The van der Waals surface area contributed by atoms with E-state index in [9.17, 15) is 28.1 Å². The number of amides is 2. The molecule has 0 unspecified atom stereocenters. The quantitative estimate of drug-likeness (QED) is 0.189. The van der Waals surface area contributed by atoms with Crippen molar-refractivity contribution in [2.75, 3.05) is 17.9 Å². The third-order valence-corrected chi connectivity index (χ3v) is 8.68. The normalized spacial score (nSPS) is 11.8. The second-order valence-corrected chi connectivity index (χ2v) is 11.8. The Morgan fingerprint density at radius 3 is 2.12 bits per heavy atom. The fourth-order valence-electron chi connectivity index (χ4n) is 4.74. The van der Waals surface area contributed by atoms with Gasteiger partial charge in [-0.15, -0.1) is 0 Å². The summed E-state index contributed by atoms with van der Waals surface area (Å²) in [4.78, 5) is 39.8. The number of hydrogen-bond donors (Lipinski definition) is 1. The molecule has 4 rings (SSSR count). The first-order chi connectivity index (χ1) is 20.6. The van der Waals surface area contributed by atoms with Crippen molar-refractivity contribution in [3.8, 4) is 0 Å². The van der Waals surface area contributed by atoms with Crippen LogP contribution in [0.25, 0.3) is 0 Å². The SMILES string of the molecule is CNC(=O)[C@H](Cc1ccccc1)N(Cc1cccc(C)c1)C(=O)CN(c1cccc([N+](=O)[O-])c1)S(=O)(=O)c1ccccc1. The van der Waals surface area contributed by atoms with Gasteiger partial charge in [-0.2, -0.15) is 0 Å². The summed E-state index contributed by atoms with van der Waals surface area (Å²) >= 11 is 0. The van der Waals surface area contributed by atoms with Gasteiger partial charge in [0.2, 0.25) is 11.8 Å². The number of nitrogens with one attached hydrogen (secondary N) is 1. The first kappa shape index (κ1) is 30.9. The first-order valence-electron chi connectivity index (χ1n) is 13.5. The second-order valence-electron chi connectivity index (χ2n) is 9.93. The summed E-state index contributed by atoms with van der Waals surface area (Å²) in [5, 5.41) is 14.2. The van der Waals surface area contributed by atoms with Crippen molar-refractivity contribution in [2.45, 2.75) is 30.8 Å². The van der Waals surface area contributed by atoms with E-state index in [1.54, 1.807) is 18.2 Å². The van der Waals surface area contributed by atoms with E-state index >= 15 is 0 Å². The number of sulfonamides is 1. The lowest BCUT2D eigenvalue weighted by Crippen LogP contribution is -2.53. The fourth-order valence-corrected chi connectivity index (χ4v) is 6.16. The monoisotopic (exact) mass is 600 g/mol. The number of carbonyl (C=O) groups is 2. The Morgan fingerprint density at radius 1 is 0.860 bits per heavy atom. The average molecular weight is 601 g/mol. The van der Waals surface area contributed by atoms with Crippen molar-refractivity contribution in [3.63, 3.8) is 0 Å². The van der Waals surface area contributed by atoms with E-state index in [1.807, 2.05) is 61.5 Å². The minimum Gasteiger partial charge on any atom is -0.357 e. The number of nitro benzene ring substituents is 1. The molecule has 11 heteroatoms. The van der Waals surface area contributed by atoms with E-state index in [4.69, 9.17) is 0 Å². The average Bonchev–Trinajstić information content (AvgIpc) is 3.02. The Labute approximate surface area is 250 Å². The molecule has 4 aromatic rings. The van der Waals surface area contributed by atoms with Gasteiger partial charge in [-0.3, -0.25) is 24.0 Å². The minimum absolute atomic E-state index is 0.0274. The molecule has 0 aromatic heterocycles. The lowest BCUT2D eigenvalue weighted by Gasteiger charge is -2.33. The van der Waals surface area contributed by atoms with E-state index in [1.165, 1.54) is 42.3 Å². The number of non-ortho nitro benzene ring substituents is 1. The summed E-state index contributed by atoms with van der Waals surface area (Å²) in [6, 6.07) is 28.3. The zero-order valence-electron chi connectivity index (χ0n) is 23.8. The van der Waals surface area contributed by atoms with Gasteiger partial charge in [0.15, 0.2) is 0 Å². The minimum atomic E-state index is -4.35. The molecular formula is C32H32N4O6S. The maximum absolute atomic E-state index is 14.3. The summed E-state index contributed by atoms with van der Waals surface area (Å²) < 4.78 is 28.7. The molecular weight excluding hydrogens is 568 g/mol. The summed E-state index contributed by atoms with van der Waals surface area (Å²) in [7, 11) is -2.88. The van der Waals surface area contributed by atoms with E-state index in [0.29, 0.717) is 0 Å². The van der Waals surface area contributed by atoms with E-state index in [-0.39, 0.29) is 29.2 Å². The standard InChI is InChI=1S/C32H32N4O6S/c1-24-11-9-14-26(19-24)22-34(30(32(38)33-2)20-25-12-5-3-6-13-25)31(37)23-35(27-15-10-16-28(21-27)36(39)40)43(41,42)29-17-7-4-8-18-29/h3-19,21,30H,20,22-23H2,1-2H3,(H,33,38)/t30-/m0/s1. The molecule has 43 heavy (non-hydrogen) atoms. The molecule has 0 saturated heterocycles. The van der Waals surface area contributed by atoms with Crippen molar-refractivity contribution in [1.29, 1.82) is 0 Å². The highest BCUT2D eigenvalue weighted by atomic mass is 32.2. The van der Waals surface area contributed by atoms with Crippen molar-refractivity contribution in [3.05, 3.63) is 136 Å². The third kappa shape index (κ3) is 7.63. The molecule has 222 valence electrons. The number of likely N-dealkylation sites (N-methyl/N-ethyl adjacent to an activating group) is 1. The van der Waals surface area contributed by atoms with E-state index in [2.05, 4.69) is 5.32 Å². The van der Waals surface area contributed by atoms with E-state index < -0.39 is 39.3 Å². The Bertz CT molecular complexity index is 1700. The summed E-state index contributed by atoms with van der Waals surface area (Å²) in [6.07, 6.45) is 0.181. The number of nitro groups is 1. The number of nitrogens with zero attached hydrogens (tertiary/aromatic N) is 3. The molecule has 0 aliphatic carbocycles. The van der Waals surface area contributed by atoms with Gasteiger partial charge in [-0.1, -0.05) is 84.4 Å². The van der Waals surface area contributed by atoms with Crippen molar-refractivity contribution >= 4 is 33.2 Å². The third-order valence-electron chi connectivity index (χ3n) is 6.89. The van der Waals surface area contributed by atoms with Crippen LogP contribution < -0.4 is 9.62 Å². The predicted octanol–water partition coefficient (Wildman–Crippen LogP) is 4.48. The van der Waals surface area contributed by atoms with Gasteiger partial charge >= 0.3 is 0 Å². The van der Waals surface area contributed by atoms with Crippen LogP contribution in [0.1, 0.15) is 16.7 Å². The van der Waals surface area contributed by atoms with Crippen LogP contribution in [0.2, 0.25) is 0 Å². The van der Waals surface area contributed by atoms with Gasteiger partial charge in [-0.05, 0) is 36.2 Å². The predicted molar refractivity (Wildman–Crippen MR) is 164 cm³/mol. The van der Waals surface area contributed by atoms with Crippen LogP contribution in [0.3, 0.4) is 0 Å². The van der Waals surface area contributed by atoms with Crippen LogP contribution in [-0.2, 0) is 32.6 Å². The largest absolute Gasteiger partial charge is 0.357 e. The van der Waals surface area contributed by atoms with Gasteiger partial charge in [0.1, 0.15) is 12.6 Å². The lowest BCUT2D eigenvalue weighted by molar-refractivity contribution is -0.384. The molecule has 2 amide bonds. The zero-order valence-corrected chi connectivity index (χ0v) is 24.6. The molecule has 1 N–H and O–H groups in total. The maximum atomic E-state index is 14.3. The van der Waals surface area contributed by atoms with Crippen molar-refractivity contribution in [1.82, 2.24) is 10.2 Å². The van der Waals surface area contributed by atoms with Crippen LogP contribution in [0.4, 0.5) is 11.4 Å². The first-order valence-corrected chi connectivity index (χ1v) is 15.0. The number of rotatable bonds is 12. The van der Waals surface area contributed by atoms with Gasteiger partial charge in [0.25, 0.3) is 15.7 Å². The molecule has 0 heterocycles. The molecule has 4 aromatic carbocycles. The topological polar surface area (TPSA) is 130 Å². The highest BCUT2D eigenvalue weighted by molar-refractivity contribution is 7.92. The smallest absolute Gasteiger partial charge is 0.271 e. The Kier molecular flexibility index (Phi) is 9.89. The van der Waals surface area contributed by atoms with Gasteiger partial charge in [-0.25, -0.2) is 8.42 Å². The molecule has 10 nitrogen and oxygen atoms in total. The van der Waals surface area contributed by atoms with E-state index in [0.717, 1.165) is 27.1 Å². The van der Waals surface area contributed by atoms with Gasteiger partial charge in [0, 0.05) is 32.1 Å². The van der Waals surface area contributed by atoms with Crippen molar-refractivity contribution < 1.29 is 22.9 Å². The number of carbonyl (C=O) groups excluding carboxylic acids is 2. The molecule has 0 spiro atoms. The molecule has 0 bridgehead atoms. The zero-order chi connectivity index (χ0) is 31.0. The van der Waals surface area contributed by atoms with Gasteiger partial charge < -0.3 is 10.2 Å². The van der Waals surface area contributed by atoms with Crippen LogP contribution >= 0.6 is 0 Å². The highest BCUT2D eigenvalue weighted by Gasteiger charge is 2.34. The Morgan fingerprint density at radius 2 is 1.49 bits per heavy atom. The number of benzene rings is 4. The Hall–Kier alpha value is -5.03.